The molecule has 1 amide bonds. The van der Waals surface area contributed by atoms with Gasteiger partial charge >= 0.3 is 5.69 Å². The largest absolute Gasteiger partial charge is 0.393 e. The molecule has 20 heavy (non-hydrogen) atoms. The second-order valence-electron chi connectivity index (χ2n) is 4.55. The van der Waals surface area contributed by atoms with Gasteiger partial charge in [0, 0.05) is 44.7 Å². The fraction of sp³-hybridized carbons (Fsp3) is 0.500. The van der Waals surface area contributed by atoms with E-state index in [4.69, 9.17) is 18.0 Å². The summed E-state index contributed by atoms with van der Waals surface area (Å²) in [6.45, 7) is 2.27. The Morgan fingerprint density at radius 3 is 2.70 bits per heavy atom. The number of amides is 1. The maximum atomic E-state index is 11.8. The highest BCUT2D eigenvalue weighted by Gasteiger charge is 2.10. The maximum Gasteiger partial charge on any atom is 0.328 e. The molecule has 0 saturated heterocycles. The van der Waals surface area contributed by atoms with E-state index >= 15 is 0 Å². The average Bonchev–Trinajstić information content (AvgIpc) is 2.38. The highest BCUT2D eigenvalue weighted by Crippen LogP contribution is 1.96. The van der Waals surface area contributed by atoms with Crippen molar-refractivity contribution in [2.45, 2.75) is 26.3 Å². The predicted molar refractivity (Wildman–Crippen MR) is 79.7 cm³/mol. The first-order chi connectivity index (χ1) is 9.31. The van der Waals surface area contributed by atoms with Crippen molar-refractivity contribution in [2.75, 3.05) is 13.6 Å². The standard InChI is InChI=1S/C12H18N4O3S/c1-8-7-16(12(19)14-11(8)18)6-4-10(17)15(2)5-3-9(13)20/h7H,3-6H2,1-2H3,(H2,13,20)(H,14,18,19). The van der Waals surface area contributed by atoms with E-state index in [1.165, 1.54) is 15.7 Å². The number of nitrogens with zero attached hydrogens (tertiary/aromatic N) is 2. The Morgan fingerprint density at radius 2 is 2.10 bits per heavy atom. The van der Waals surface area contributed by atoms with Crippen LogP contribution < -0.4 is 17.0 Å². The molecule has 1 rings (SSSR count). The van der Waals surface area contributed by atoms with Crippen molar-refractivity contribution in [3.63, 3.8) is 0 Å². The molecule has 1 aromatic rings. The number of carbonyl (C=O) groups is 1. The fourth-order valence-electron chi connectivity index (χ4n) is 1.59. The number of aromatic nitrogens is 2. The van der Waals surface area contributed by atoms with Gasteiger partial charge < -0.3 is 10.6 Å². The number of rotatable bonds is 6. The van der Waals surface area contributed by atoms with Crippen molar-refractivity contribution < 1.29 is 4.79 Å². The van der Waals surface area contributed by atoms with Gasteiger partial charge in [-0.15, -0.1) is 0 Å². The van der Waals surface area contributed by atoms with Crippen LogP contribution in [0.25, 0.3) is 0 Å². The van der Waals surface area contributed by atoms with Gasteiger partial charge in [0.1, 0.15) is 0 Å². The molecular weight excluding hydrogens is 280 g/mol. The highest BCUT2D eigenvalue weighted by atomic mass is 32.1. The lowest BCUT2D eigenvalue weighted by Gasteiger charge is -2.17. The molecule has 0 atom stereocenters. The number of nitrogens with two attached hydrogens (primary N) is 1. The van der Waals surface area contributed by atoms with Crippen molar-refractivity contribution in [1.29, 1.82) is 0 Å². The van der Waals surface area contributed by atoms with Crippen LogP contribution in [0.2, 0.25) is 0 Å². The molecule has 1 heterocycles. The van der Waals surface area contributed by atoms with Crippen molar-refractivity contribution >= 4 is 23.1 Å². The monoisotopic (exact) mass is 298 g/mol. The summed E-state index contributed by atoms with van der Waals surface area (Å²) in [5.74, 6) is -0.114. The molecule has 0 aliphatic rings. The van der Waals surface area contributed by atoms with Gasteiger partial charge in [0.15, 0.2) is 0 Å². The molecule has 0 spiro atoms. The molecule has 3 N–H and O–H groups in total. The van der Waals surface area contributed by atoms with Gasteiger partial charge in [-0.3, -0.25) is 19.1 Å². The van der Waals surface area contributed by atoms with Crippen LogP contribution in [0.4, 0.5) is 0 Å². The molecule has 0 radical (unpaired) electrons. The lowest BCUT2D eigenvalue weighted by molar-refractivity contribution is -0.130. The lowest BCUT2D eigenvalue weighted by atomic mass is 10.3. The van der Waals surface area contributed by atoms with Crippen LogP contribution in [0, 0.1) is 6.92 Å². The molecule has 1 aromatic heterocycles. The maximum absolute atomic E-state index is 11.8. The van der Waals surface area contributed by atoms with Gasteiger partial charge in [0.25, 0.3) is 5.56 Å². The number of carbonyl (C=O) groups excluding carboxylic acids is 1. The van der Waals surface area contributed by atoms with Gasteiger partial charge in [-0.25, -0.2) is 4.79 Å². The zero-order valence-electron chi connectivity index (χ0n) is 11.5. The Morgan fingerprint density at radius 1 is 1.45 bits per heavy atom. The molecular formula is C12H18N4O3S. The normalized spacial score (nSPS) is 10.3. The van der Waals surface area contributed by atoms with Gasteiger partial charge in [0.2, 0.25) is 5.91 Å². The van der Waals surface area contributed by atoms with Crippen molar-refractivity contribution in [1.82, 2.24) is 14.5 Å². The topological polar surface area (TPSA) is 101 Å². The van der Waals surface area contributed by atoms with E-state index in [2.05, 4.69) is 4.98 Å². The minimum absolute atomic E-state index is 0.114. The number of aryl methyl sites for hydroxylation is 2. The van der Waals surface area contributed by atoms with Crippen molar-refractivity contribution in [3.05, 3.63) is 32.6 Å². The quantitative estimate of drug-likeness (QED) is 0.681. The molecule has 0 unspecified atom stereocenters. The molecule has 7 nitrogen and oxygen atoms in total. The van der Waals surface area contributed by atoms with Crippen LogP contribution in [0.1, 0.15) is 18.4 Å². The summed E-state index contributed by atoms with van der Waals surface area (Å²) in [6, 6.07) is 0. The Kier molecular flexibility index (Phi) is 5.63. The lowest BCUT2D eigenvalue weighted by Crippen LogP contribution is -2.34. The zero-order chi connectivity index (χ0) is 15.3. The minimum atomic E-state index is -0.515. The van der Waals surface area contributed by atoms with Crippen LogP contribution in [0.15, 0.2) is 15.8 Å². The fourth-order valence-corrected chi connectivity index (χ4v) is 1.69. The Labute approximate surface area is 121 Å². The van der Waals surface area contributed by atoms with E-state index in [1.807, 2.05) is 0 Å². The summed E-state index contributed by atoms with van der Waals surface area (Å²) < 4.78 is 1.32. The van der Waals surface area contributed by atoms with Crippen LogP contribution in [-0.4, -0.2) is 38.9 Å². The van der Waals surface area contributed by atoms with Crippen molar-refractivity contribution in [2.24, 2.45) is 5.73 Å². The average molecular weight is 298 g/mol. The Balaban J connectivity index is 2.61. The Hall–Kier alpha value is -1.96. The third-order valence-corrected chi connectivity index (χ3v) is 3.08. The Bertz CT molecular complexity index is 620. The van der Waals surface area contributed by atoms with E-state index < -0.39 is 11.2 Å². The predicted octanol–water partition coefficient (Wildman–Crippen LogP) is -0.630. The third-order valence-electron chi connectivity index (χ3n) is 2.87. The van der Waals surface area contributed by atoms with E-state index in [9.17, 15) is 14.4 Å². The van der Waals surface area contributed by atoms with Crippen LogP contribution in [0.5, 0.6) is 0 Å². The molecule has 0 saturated carbocycles. The van der Waals surface area contributed by atoms with Crippen molar-refractivity contribution in [3.8, 4) is 0 Å². The summed E-state index contributed by atoms with van der Waals surface area (Å²) >= 11 is 4.75. The van der Waals surface area contributed by atoms with Gasteiger partial charge in [0.05, 0.1) is 4.99 Å². The molecule has 110 valence electrons. The smallest absolute Gasteiger partial charge is 0.328 e. The number of aromatic amines is 1. The zero-order valence-corrected chi connectivity index (χ0v) is 12.3. The highest BCUT2D eigenvalue weighted by molar-refractivity contribution is 7.80. The van der Waals surface area contributed by atoms with Crippen LogP contribution in [0.3, 0.4) is 0 Å². The number of hydrogen-bond donors (Lipinski definition) is 2. The summed E-state index contributed by atoms with van der Waals surface area (Å²) in [4.78, 5) is 38.7. The minimum Gasteiger partial charge on any atom is -0.393 e. The van der Waals surface area contributed by atoms with E-state index in [-0.39, 0.29) is 18.9 Å². The summed E-state index contributed by atoms with van der Waals surface area (Å²) in [5.41, 5.74) is 4.87. The van der Waals surface area contributed by atoms with E-state index in [0.29, 0.717) is 23.5 Å². The summed E-state index contributed by atoms with van der Waals surface area (Å²) in [7, 11) is 1.65. The first-order valence-electron chi connectivity index (χ1n) is 6.14. The summed E-state index contributed by atoms with van der Waals surface area (Å²) in [5, 5.41) is 0. The van der Waals surface area contributed by atoms with Crippen LogP contribution >= 0.6 is 12.2 Å². The molecule has 8 heteroatoms. The van der Waals surface area contributed by atoms with E-state index in [0.717, 1.165) is 0 Å². The first kappa shape index (κ1) is 16.1. The molecule has 0 bridgehead atoms. The van der Waals surface area contributed by atoms with Gasteiger partial charge in [-0.1, -0.05) is 12.2 Å². The van der Waals surface area contributed by atoms with Crippen LogP contribution in [-0.2, 0) is 11.3 Å². The number of H-pyrrole nitrogens is 1. The second kappa shape index (κ2) is 6.99. The third kappa shape index (κ3) is 4.61. The SMILES string of the molecule is Cc1cn(CCC(=O)N(C)CCC(N)=S)c(=O)[nH]c1=O. The summed E-state index contributed by atoms with van der Waals surface area (Å²) in [6.07, 6.45) is 2.08. The molecule has 0 fully saturated rings. The van der Waals surface area contributed by atoms with E-state index in [1.54, 1.807) is 14.0 Å². The molecule has 0 aliphatic heterocycles. The number of hydrogen-bond acceptors (Lipinski definition) is 4. The molecule has 0 aliphatic carbocycles. The van der Waals surface area contributed by atoms with Gasteiger partial charge in [-0.2, -0.15) is 0 Å². The second-order valence-corrected chi connectivity index (χ2v) is 5.07. The molecule has 0 aromatic carbocycles. The number of nitrogens with one attached hydrogen (secondary N) is 1. The van der Waals surface area contributed by atoms with Gasteiger partial charge in [-0.05, 0) is 6.92 Å². The number of thiocarbonyl (C=S) groups is 1. The first-order valence-corrected chi connectivity index (χ1v) is 6.54.